The first kappa shape index (κ1) is 18.8. The van der Waals surface area contributed by atoms with Gasteiger partial charge in [-0.05, 0) is 75.5 Å². The van der Waals surface area contributed by atoms with Gasteiger partial charge in [-0.2, -0.15) is 0 Å². The second kappa shape index (κ2) is 7.73. The molecule has 0 aliphatic heterocycles. The quantitative estimate of drug-likeness (QED) is 0.593. The summed E-state index contributed by atoms with van der Waals surface area (Å²) in [6.07, 6.45) is 5.19. The first-order valence-electron chi connectivity index (χ1n) is 9.63. The lowest BCUT2D eigenvalue weighted by Crippen LogP contribution is -2.21. The zero-order valence-electron chi connectivity index (χ0n) is 16.3. The van der Waals surface area contributed by atoms with Gasteiger partial charge in [-0.1, -0.05) is 22.9 Å². The van der Waals surface area contributed by atoms with Gasteiger partial charge in [0.25, 0.3) is 0 Å². The molecule has 0 bridgehead atoms. The smallest absolute Gasteiger partial charge is 0.151 e. The summed E-state index contributed by atoms with van der Waals surface area (Å²) < 4.78 is 0. The topological polar surface area (TPSA) is 55.7 Å². The van der Waals surface area contributed by atoms with Crippen LogP contribution in [-0.4, -0.2) is 24.4 Å². The van der Waals surface area contributed by atoms with E-state index < -0.39 is 5.92 Å². The van der Waals surface area contributed by atoms with Crippen molar-refractivity contribution in [2.75, 3.05) is 7.11 Å². The van der Waals surface area contributed by atoms with Crippen molar-refractivity contribution >= 4 is 17.3 Å². The van der Waals surface area contributed by atoms with Crippen molar-refractivity contribution in [3.05, 3.63) is 34.4 Å². The minimum atomic E-state index is -0.546. The van der Waals surface area contributed by atoms with Crippen LogP contribution in [-0.2, 0) is 14.4 Å². The number of benzene rings is 1. The highest BCUT2D eigenvalue weighted by Crippen LogP contribution is 2.40. The Morgan fingerprint density at radius 3 is 2.27 bits per heavy atom. The molecular weight excluding hydrogens is 326 g/mol. The van der Waals surface area contributed by atoms with E-state index in [1.54, 1.807) is 7.11 Å². The molecule has 2 saturated carbocycles. The van der Waals surface area contributed by atoms with Gasteiger partial charge in [0, 0.05) is 12.3 Å². The summed E-state index contributed by atoms with van der Waals surface area (Å²) in [5.74, 6) is 0.0914. The third-order valence-electron chi connectivity index (χ3n) is 6.00. The largest absolute Gasteiger partial charge is 0.399 e. The average molecular weight is 355 g/mol. The standard InChI is InChI=1S/C22H29NO3/c1-13-9-14(2)20(15(3)10-13)21-19(24)12-17(22(21)25)11-16-5-7-18(8-6-16)23-26-4/h9-10,16-17,21H,5-8,11-12H2,1-4H3. The van der Waals surface area contributed by atoms with Gasteiger partial charge >= 0.3 is 0 Å². The van der Waals surface area contributed by atoms with Crippen LogP contribution in [0.5, 0.6) is 0 Å². The Morgan fingerprint density at radius 2 is 1.69 bits per heavy atom. The number of aryl methyl sites for hydroxylation is 3. The predicted octanol–water partition coefficient (Wildman–Crippen LogP) is 4.44. The molecule has 4 nitrogen and oxygen atoms in total. The fraction of sp³-hybridized carbons (Fsp3) is 0.591. The number of nitrogens with zero attached hydrogens (tertiary/aromatic N) is 1. The van der Waals surface area contributed by atoms with Crippen molar-refractivity contribution < 1.29 is 14.4 Å². The first-order valence-corrected chi connectivity index (χ1v) is 9.63. The summed E-state index contributed by atoms with van der Waals surface area (Å²) in [6.45, 7) is 6.08. The van der Waals surface area contributed by atoms with E-state index in [-0.39, 0.29) is 17.5 Å². The summed E-state index contributed by atoms with van der Waals surface area (Å²) in [6, 6.07) is 4.15. The third-order valence-corrected chi connectivity index (χ3v) is 6.00. The number of oxime groups is 1. The number of Topliss-reactive ketones (excluding diaryl/α,β-unsaturated/α-hetero) is 2. The summed E-state index contributed by atoms with van der Waals surface area (Å²) in [5, 5.41) is 4.05. The molecule has 2 unspecified atom stereocenters. The van der Waals surface area contributed by atoms with Gasteiger partial charge in [0.05, 0.1) is 5.71 Å². The molecule has 0 aromatic heterocycles. The van der Waals surface area contributed by atoms with Crippen LogP contribution in [0.4, 0.5) is 0 Å². The van der Waals surface area contributed by atoms with Crippen molar-refractivity contribution in [1.29, 1.82) is 0 Å². The van der Waals surface area contributed by atoms with Gasteiger partial charge in [-0.3, -0.25) is 9.59 Å². The highest BCUT2D eigenvalue weighted by atomic mass is 16.6. The Bertz CT molecular complexity index is 717. The molecule has 1 aromatic carbocycles. The average Bonchev–Trinajstić information content (AvgIpc) is 2.84. The van der Waals surface area contributed by atoms with E-state index >= 15 is 0 Å². The fourth-order valence-corrected chi connectivity index (χ4v) is 4.87. The number of carbonyl (C=O) groups excluding carboxylic acids is 2. The number of carbonyl (C=O) groups is 2. The van der Waals surface area contributed by atoms with Crippen molar-refractivity contribution in [1.82, 2.24) is 0 Å². The highest BCUT2D eigenvalue weighted by molar-refractivity contribution is 6.15. The summed E-state index contributed by atoms with van der Waals surface area (Å²) in [4.78, 5) is 30.7. The number of rotatable bonds is 4. The summed E-state index contributed by atoms with van der Waals surface area (Å²) in [5.41, 5.74) is 5.36. The minimum Gasteiger partial charge on any atom is -0.399 e. The third kappa shape index (κ3) is 3.74. The van der Waals surface area contributed by atoms with Gasteiger partial charge in [-0.15, -0.1) is 0 Å². The maximum Gasteiger partial charge on any atom is 0.151 e. The summed E-state index contributed by atoms with van der Waals surface area (Å²) >= 11 is 0. The molecular formula is C22H29NO3. The molecule has 140 valence electrons. The molecule has 4 heteroatoms. The van der Waals surface area contributed by atoms with Crippen molar-refractivity contribution in [3.63, 3.8) is 0 Å². The fourth-order valence-electron chi connectivity index (χ4n) is 4.87. The Morgan fingerprint density at radius 1 is 1.08 bits per heavy atom. The van der Waals surface area contributed by atoms with Crippen LogP contribution in [0.3, 0.4) is 0 Å². The maximum absolute atomic E-state index is 13.1. The second-order valence-electron chi connectivity index (χ2n) is 8.03. The van der Waals surface area contributed by atoms with E-state index in [2.05, 4.69) is 24.2 Å². The zero-order valence-corrected chi connectivity index (χ0v) is 16.3. The van der Waals surface area contributed by atoms with Gasteiger partial charge in [0.2, 0.25) is 0 Å². The second-order valence-corrected chi connectivity index (χ2v) is 8.03. The van der Waals surface area contributed by atoms with E-state index in [1.807, 2.05) is 13.8 Å². The van der Waals surface area contributed by atoms with E-state index in [1.165, 1.54) is 5.56 Å². The minimum absolute atomic E-state index is 0.104. The van der Waals surface area contributed by atoms with Crippen LogP contribution in [0.1, 0.15) is 66.7 Å². The van der Waals surface area contributed by atoms with Gasteiger partial charge in [-0.25, -0.2) is 0 Å². The van der Waals surface area contributed by atoms with Crippen LogP contribution in [0, 0.1) is 32.6 Å². The maximum atomic E-state index is 13.1. The normalized spacial score (nSPS) is 26.3. The van der Waals surface area contributed by atoms with Crippen LogP contribution >= 0.6 is 0 Å². The lowest BCUT2D eigenvalue weighted by atomic mass is 9.80. The summed E-state index contributed by atoms with van der Waals surface area (Å²) in [7, 11) is 1.58. The number of ketones is 2. The van der Waals surface area contributed by atoms with Crippen LogP contribution in [0.25, 0.3) is 0 Å². The molecule has 0 radical (unpaired) electrons. The van der Waals surface area contributed by atoms with Crippen molar-refractivity contribution in [2.24, 2.45) is 17.0 Å². The van der Waals surface area contributed by atoms with Crippen LogP contribution in [0.2, 0.25) is 0 Å². The Balaban J connectivity index is 1.71. The lowest BCUT2D eigenvalue weighted by Gasteiger charge is -2.24. The number of hydrogen-bond acceptors (Lipinski definition) is 4. The van der Waals surface area contributed by atoms with Crippen LogP contribution in [0.15, 0.2) is 17.3 Å². The lowest BCUT2D eigenvalue weighted by molar-refractivity contribution is -0.125. The highest BCUT2D eigenvalue weighted by Gasteiger charge is 2.43. The Hall–Kier alpha value is -1.97. The molecule has 26 heavy (non-hydrogen) atoms. The van der Waals surface area contributed by atoms with Crippen LogP contribution < -0.4 is 0 Å². The van der Waals surface area contributed by atoms with Crippen molar-refractivity contribution in [3.8, 4) is 0 Å². The monoisotopic (exact) mass is 355 g/mol. The van der Waals surface area contributed by atoms with E-state index in [4.69, 9.17) is 4.84 Å². The Labute approximate surface area is 156 Å². The molecule has 0 spiro atoms. The Kier molecular flexibility index (Phi) is 5.59. The molecule has 2 aliphatic rings. The predicted molar refractivity (Wildman–Crippen MR) is 103 cm³/mol. The van der Waals surface area contributed by atoms with Gasteiger partial charge < -0.3 is 4.84 Å². The number of hydrogen-bond donors (Lipinski definition) is 0. The molecule has 0 N–H and O–H groups in total. The molecule has 2 aliphatic carbocycles. The SMILES string of the molecule is CON=C1CCC(CC2CC(=O)C(c3c(C)cc(C)cc3C)C2=O)CC1. The van der Waals surface area contributed by atoms with Crippen molar-refractivity contribution in [2.45, 2.75) is 65.2 Å². The molecule has 2 fully saturated rings. The van der Waals surface area contributed by atoms with E-state index in [0.29, 0.717) is 12.3 Å². The van der Waals surface area contributed by atoms with Gasteiger partial charge in [0.15, 0.2) is 5.78 Å². The zero-order chi connectivity index (χ0) is 18.8. The molecule has 0 saturated heterocycles. The molecule has 1 aromatic rings. The molecule has 0 heterocycles. The molecule has 2 atom stereocenters. The molecule has 0 amide bonds. The first-order chi connectivity index (χ1) is 12.4. The van der Waals surface area contributed by atoms with E-state index in [9.17, 15) is 9.59 Å². The van der Waals surface area contributed by atoms with Gasteiger partial charge in [0.1, 0.15) is 18.8 Å². The molecule has 3 rings (SSSR count). The van der Waals surface area contributed by atoms with E-state index in [0.717, 1.165) is 54.5 Å².